The van der Waals surface area contributed by atoms with Crippen LogP contribution >= 0.6 is 0 Å². The molecule has 1 saturated carbocycles. The van der Waals surface area contributed by atoms with Crippen LogP contribution in [0.2, 0.25) is 0 Å². The summed E-state index contributed by atoms with van der Waals surface area (Å²) in [6, 6.07) is 0. The zero-order valence-corrected chi connectivity index (χ0v) is 11.5. The summed E-state index contributed by atoms with van der Waals surface area (Å²) in [5.41, 5.74) is 0. The van der Waals surface area contributed by atoms with Crippen LogP contribution in [0.4, 0.5) is 0 Å². The Morgan fingerprint density at radius 1 is 1.22 bits per heavy atom. The first-order valence-electron chi connectivity index (χ1n) is 7.19. The molecule has 0 N–H and O–H groups in total. The standard InChI is InChI=1S/C14H23N3O/c1-3-13-15-14(4-2)17(16-13)10-12(18)11-8-6-5-7-9-11/h11H,3-10H2,1-2H3. The molecule has 0 bridgehead atoms. The Balaban J connectivity index is 2.03. The first-order valence-corrected chi connectivity index (χ1v) is 7.19. The predicted octanol–water partition coefficient (Wildman–Crippen LogP) is 2.55. The topological polar surface area (TPSA) is 47.8 Å². The van der Waals surface area contributed by atoms with Gasteiger partial charge in [0.2, 0.25) is 0 Å². The molecule has 1 heterocycles. The molecule has 100 valence electrons. The third-order valence-corrected chi connectivity index (χ3v) is 3.79. The lowest BCUT2D eigenvalue weighted by Gasteiger charge is -2.20. The highest BCUT2D eigenvalue weighted by Gasteiger charge is 2.22. The van der Waals surface area contributed by atoms with Crippen LogP contribution in [0.5, 0.6) is 0 Å². The molecule has 0 aliphatic heterocycles. The Bertz CT molecular complexity index is 405. The fourth-order valence-electron chi connectivity index (χ4n) is 2.67. The highest BCUT2D eigenvalue weighted by Crippen LogP contribution is 2.24. The zero-order chi connectivity index (χ0) is 13.0. The molecule has 2 rings (SSSR count). The average molecular weight is 249 g/mol. The van der Waals surface area contributed by atoms with E-state index in [2.05, 4.69) is 17.0 Å². The highest BCUT2D eigenvalue weighted by molar-refractivity contribution is 5.80. The van der Waals surface area contributed by atoms with E-state index in [4.69, 9.17) is 0 Å². The smallest absolute Gasteiger partial charge is 0.157 e. The Hall–Kier alpha value is -1.19. The fraction of sp³-hybridized carbons (Fsp3) is 0.786. The summed E-state index contributed by atoms with van der Waals surface area (Å²) in [7, 11) is 0. The van der Waals surface area contributed by atoms with Crippen molar-refractivity contribution in [1.82, 2.24) is 14.8 Å². The van der Waals surface area contributed by atoms with Crippen molar-refractivity contribution >= 4 is 5.78 Å². The van der Waals surface area contributed by atoms with Gasteiger partial charge in [-0.15, -0.1) is 0 Å². The van der Waals surface area contributed by atoms with Gasteiger partial charge in [-0.25, -0.2) is 9.67 Å². The molecular formula is C14H23N3O. The van der Waals surface area contributed by atoms with E-state index in [0.717, 1.165) is 37.3 Å². The first kappa shape index (κ1) is 13.2. The molecule has 0 radical (unpaired) electrons. The monoisotopic (exact) mass is 249 g/mol. The van der Waals surface area contributed by atoms with E-state index in [-0.39, 0.29) is 5.92 Å². The maximum atomic E-state index is 12.2. The molecule has 1 aromatic rings. The third kappa shape index (κ3) is 2.98. The molecule has 0 unspecified atom stereocenters. The van der Waals surface area contributed by atoms with Crippen LogP contribution in [-0.4, -0.2) is 20.5 Å². The molecule has 1 aliphatic carbocycles. The second-order valence-corrected chi connectivity index (χ2v) is 5.11. The minimum atomic E-state index is 0.262. The molecular weight excluding hydrogens is 226 g/mol. The SMILES string of the molecule is CCc1nc(CC)n(CC(=O)C2CCCCC2)n1. The summed E-state index contributed by atoms with van der Waals surface area (Å²) in [5, 5.41) is 4.42. The van der Waals surface area contributed by atoms with Gasteiger partial charge in [0.1, 0.15) is 12.4 Å². The van der Waals surface area contributed by atoms with Gasteiger partial charge in [-0.05, 0) is 12.8 Å². The maximum Gasteiger partial charge on any atom is 0.157 e. The predicted molar refractivity (Wildman–Crippen MR) is 70.4 cm³/mol. The zero-order valence-electron chi connectivity index (χ0n) is 11.5. The fourth-order valence-corrected chi connectivity index (χ4v) is 2.67. The van der Waals surface area contributed by atoms with Crippen molar-refractivity contribution < 1.29 is 4.79 Å². The van der Waals surface area contributed by atoms with Gasteiger partial charge in [-0.3, -0.25) is 4.79 Å². The van der Waals surface area contributed by atoms with Crippen molar-refractivity contribution in [3.8, 4) is 0 Å². The van der Waals surface area contributed by atoms with E-state index in [1.807, 2.05) is 11.6 Å². The molecule has 0 aromatic carbocycles. The van der Waals surface area contributed by atoms with Gasteiger partial charge in [0.05, 0.1) is 0 Å². The lowest BCUT2D eigenvalue weighted by Crippen LogP contribution is -2.23. The van der Waals surface area contributed by atoms with Crippen molar-refractivity contribution in [2.24, 2.45) is 5.92 Å². The number of hydrogen-bond acceptors (Lipinski definition) is 3. The van der Waals surface area contributed by atoms with Gasteiger partial charge < -0.3 is 0 Å². The average Bonchev–Trinajstić information content (AvgIpc) is 2.82. The third-order valence-electron chi connectivity index (χ3n) is 3.79. The van der Waals surface area contributed by atoms with Crippen molar-refractivity contribution in [3.05, 3.63) is 11.6 Å². The van der Waals surface area contributed by atoms with Crippen molar-refractivity contribution in [2.75, 3.05) is 0 Å². The first-order chi connectivity index (χ1) is 8.74. The van der Waals surface area contributed by atoms with Crippen LogP contribution in [0.3, 0.4) is 0 Å². The van der Waals surface area contributed by atoms with Crippen molar-refractivity contribution in [2.45, 2.75) is 65.3 Å². The number of Topliss-reactive ketones (excluding diaryl/α,β-unsaturated/α-hetero) is 1. The van der Waals surface area contributed by atoms with Crippen molar-refractivity contribution in [3.63, 3.8) is 0 Å². The summed E-state index contributed by atoms with van der Waals surface area (Å²) in [6.07, 6.45) is 7.49. The van der Waals surface area contributed by atoms with E-state index >= 15 is 0 Å². The molecule has 4 heteroatoms. The molecule has 0 spiro atoms. The van der Waals surface area contributed by atoms with Gasteiger partial charge in [-0.1, -0.05) is 33.1 Å². The summed E-state index contributed by atoms with van der Waals surface area (Å²) in [5.74, 6) is 2.40. The number of aryl methyl sites for hydroxylation is 2. The highest BCUT2D eigenvalue weighted by atomic mass is 16.1. The van der Waals surface area contributed by atoms with E-state index in [1.165, 1.54) is 19.3 Å². The van der Waals surface area contributed by atoms with Gasteiger partial charge in [0, 0.05) is 18.8 Å². The Labute approximate surface area is 109 Å². The molecule has 1 fully saturated rings. The summed E-state index contributed by atoms with van der Waals surface area (Å²) >= 11 is 0. The summed E-state index contributed by atoms with van der Waals surface area (Å²) in [6.45, 7) is 4.52. The summed E-state index contributed by atoms with van der Waals surface area (Å²) in [4.78, 5) is 16.7. The molecule has 0 atom stereocenters. The second kappa shape index (κ2) is 6.12. The normalized spacial score (nSPS) is 17.0. The van der Waals surface area contributed by atoms with Crippen LogP contribution in [0, 0.1) is 5.92 Å². The second-order valence-electron chi connectivity index (χ2n) is 5.11. The lowest BCUT2D eigenvalue weighted by atomic mass is 9.86. The number of aromatic nitrogens is 3. The largest absolute Gasteiger partial charge is 0.297 e. The van der Waals surface area contributed by atoms with Gasteiger partial charge in [0.25, 0.3) is 0 Å². The van der Waals surface area contributed by atoms with E-state index in [1.54, 1.807) is 0 Å². The maximum absolute atomic E-state index is 12.2. The number of nitrogens with zero attached hydrogens (tertiary/aromatic N) is 3. The Kier molecular flexibility index (Phi) is 4.50. The van der Waals surface area contributed by atoms with Crippen LogP contribution in [0.25, 0.3) is 0 Å². The number of ketones is 1. The minimum absolute atomic E-state index is 0.262. The Morgan fingerprint density at radius 3 is 2.56 bits per heavy atom. The number of carbonyl (C=O) groups excluding carboxylic acids is 1. The number of carbonyl (C=O) groups is 1. The molecule has 0 amide bonds. The molecule has 18 heavy (non-hydrogen) atoms. The van der Waals surface area contributed by atoms with Crippen LogP contribution in [0.1, 0.15) is 57.6 Å². The Morgan fingerprint density at radius 2 is 1.94 bits per heavy atom. The van der Waals surface area contributed by atoms with Gasteiger partial charge in [0.15, 0.2) is 11.6 Å². The quantitative estimate of drug-likeness (QED) is 0.805. The summed E-state index contributed by atoms with van der Waals surface area (Å²) < 4.78 is 1.82. The minimum Gasteiger partial charge on any atom is -0.297 e. The van der Waals surface area contributed by atoms with E-state index < -0.39 is 0 Å². The molecule has 1 aliphatic rings. The molecule has 0 saturated heterocycles. The van der Waals surface area contributed by atoms with Crippen LogP contribution in [-0.2, 0) is 24.2 Å². The number of rotatable bonds is 5. The van der Waals surface area contributed by atoms with Crippen LogP contribution < -0.4 is 0 Å². The lowest BCUT2D eigenvalue weighted by molar-refractivity contribution is -0.124. The van der Waals surface area contributed by atoms with Gasteiger partial charge >= 0.3 is 0 Å². The molecule has 4 nitrogen and oxygen atoms in total. The van der Waals surface area contributed by atoms with Gasteiger partial charge in [-0.2, -0.15) is 5.10 Å². The van der Waals surface area contributed by atoms with E-state index in [0.29, 0.717) is 12.3 Å². The van der Waals surface area contributed by atoms with Crippen molar-refractivity contribution in [1.29, 1.82) is 0 Å². The van der Waals surface area contributed by atoms with Crippen LogP contribution in [0.15, 0.2) is 0 Å². The molecule has 1 aromatic heterocycles. The van der Waals surface area contributed by atoms with E-state index in [9.17, 15) is 4.79 Å². The number of hydrogen-bond donors (Lipinski definition) is 0.